The maximum Gasteiger partial charge on any atom is 0.0664 e. The Morgan fingerprint density at radius 1 is 1.35 bits per heavy atom. The van der Waals surface area contributed by atoms with E-state index in [1.807, 2.05) is 0 Å². The Labute approximate surface area is 104 Å². The first-order valence-electron chi connectivity index (χ1n) is 6.20. The largest absolute Gasteiger partial charge is 0.383 e. The topological polar surface area (TPSA) is 47.3 Å². The lowest BCUT2D eigenvalue weighted by atomic mass is 10.1. The summed E-state index contributed by atoms with van der Waals surface area (Å²) in [5.41, 5.74) is 9.37. The van der Waals surface area contributed by atoms with E-state index in [2.05, 4.69) is 37.4 Å². The zero-order valence-electron chi connectivity index (χ0n) is 11.1. The molecule has 0 aliphatic rings. The minimum absolute atomic E-state index is 0.337. The molecule has 0 saturated heterocycles. The summed E-state index contributed by atoms with van der Waals surface area (Å²) in [4.78, 5) is 0. The van der Waals surface area contributed by atoms with Gasteiger partial charge in [-0.05, 0) is 50.4 Å². The van der Waals surface area contributed by atoms with Crippen LogP contribution in [0.5, 0.6) is 0 Å². The zero-order chi connectivity index (χ0) is 12.7. The molecule has 0 spiro atoms. The van der Waals surface area contributed by atoms with Crippen LogP contribution in [0.4, 0.5) is 5.69 Å². The fourth-order valence-electron chi connectivity index (χ4n) is 1.89. The fraction of sp³-hybridized carbons (Fsp3) is 0.571. The highest BCUT2D eigenvalue weighted by Gasteiger charge is 2.09. The Kier molecular flexibility index (Phi) is 6.01. The molecule has 3 N–H and O–H groups in total. The summed E-state index contributed by atoms with van der Waals surface area (Å²) < 4.78 is 5.24. The first-order valence-corrected chi connectivity index (χ1v) is 6.20. The van der Waals surface area contributed by atoms with Gasteiger partial charge in [0.15, 0.2) is 0 Å². The van der Waals surface area contributed by atoms with Crippen LogP contribution in [0.3, 0.4) is 0 Å². The monoisotopic (exact) mass is 236 g/mol. The van der Waals surface area contributed by atoms with Gasteiger partial charge in [0.1, 0.15) is 0 Å². The minimum atomic E-state index is 0.337. The standard InChI is InChI=1S/C14H24N2O/c1-11-6-4-8-14(12(11)2)16-13(10-17-3)7-5-9-15/h4,6,8,13,16H,5,7,9-10,15H2,1-3H3. The summed E-state index contributed by atoms with van der Waals surface area (Å²) >= 11 is 0. The molecule has 96 valence electrons. The molecule has 0 radical (unpaired) electrons. The second-order valence-corrected chi connectivity index (χ2v) is 4.47. The van der Waals surface area contributed by atoms with Gasteiger partial charge in [-0.15, -0.1) is 0 Å². The SMILES string of the molecule is COCC(CCCN)Nc1cccc(C)c1C. The lowest BCUT2D eigenvalue weighted by Gasteiger charge is -2.21. The fourth-order valence-corrected chi connectivity index (χ4v) is 1.89. The van der Waals surface area contributed by atoms with Gasteiger partial charge in [-0.1, -0.05) is 12.1 Å². The molecule has 0 fully saturated rings. The molecular weight excluding hydrogens is 212 g/mol. The lowest BCUT2D eigenvalue weighted by Crippen LogP contribution is -2.26. The predicted octanol–water partition coefficient (Wildman–Crippen LogP) is 2.47. The number of nitrogens with one attached hydrogen (secondary N) is 1. The molecule has 3 nitrogen and oxygen atoms in total. The van der Waals surface area contributed by atoms with E-state index in [9.17, 15) is 0 Å². The summed E-state index contributed by atoms with van der Waals surface area (Å²) in [5, 5.41) is 3.54. The average molecular weight is 236 g/mol. The van der Waals surface area contributed by atoms with Crippen molar-refractivity contribution in [2.45, 2.75) is 32.7 Å². The Bertz CT molecular complexity index is 339. The van der Waals surface area contributed by atoms with Crippen LogP contribution >= 0.6 is 0 Å². The van der Waals surface area contributed by atoms with Gasteiger partial charge in [-0.2, -0.15) is 0 Å². The van der Waals surface area contributed by atoms with Gasteiger partial charge in [-0.25, -0.2) is 0 Å². The molecular formula is C14H24N2O. The van der Waals surface area contributed by atoms with Crippen molar-refractivity contribution in [3.8, 4) is 0 Å². The van der Waals surface area contributed by atoms with Crippen LogP contribution in [-0.2, 0) is 4.74 Å². The molecule has 0 saturated carbocycles. The summed E-state index contributed by atoms with van der Waals surface area (Å²) in [5.74, 6) is 0. The third kappa shape index (κ3) is 4.36. The molecule has 0 aromatic heterocycles. The number of benzene rings is 1. The molecule has 0 bridgehead atoms. The molecule has 0 aliphatic carbocycles. The summed E-state index contributed by atoms with van der Waals surface area (Å²) in [6.45, 7) is 5.72. The quantitative estimate of drug-likeness (QED) is 0.764. The van der Waals surface area contributed by atoms with Gasteiger partial charge in [0.25, 0.3) is 0 Å². The molecule has 3 heteroatoms. The van der Waals surface area contributed by atoms with E-state index in [1.165, 1.54) is 16.8 Å². The number of hydrogen-bond acceptors (Lipinski definition) is 3. The minimum Gasteiger partial charge on any atom is -0.383 e. The van der Waals surface area contributed by atoms with Gasteiger partial charge < -0.3 is 15.8 Å². The van der Waals surface area contributed by atoms with Crippen LogP contribution in [-0.4, -0.2) is 26.3 Å². The first kappa shape index (κ1) is 14.0. The van der Waals surface area contributed by atoms with E-state index in [-0.39, 0.29) is 0 Å². The molecule has 1 rings (SSSR count). The number of hydrogen-bond donors (Lipinski definition) is 2. The number of nitrogens with two attached hydrogens (primary N) is 1. The second kappa shape index (κ2) is 7.30. The number of rotatable bonds is 7. The van der Waals surface area contributed by atoms with Gasteiger partial charge in [-0.3, -0.25) is 0 Å². The maximum absolute atomic E-state index is 5.55. The zero-order valence-corrected chi connectivity index (χ0v) is 11.1. The molecule has 1 aromatic carbocycles. The van der Waals surface area contributed by atoms with Crippen molar-refractivity contribution in [3.05, 3.63) is 29.3 Å². The number of ether oxygens (including phenoxy) is 1. The second-order valence-electron chi connectivity index (χ2n) is 4.47. The van der Waals surface area contributed by atoms with Gasteiger partial charge in [0, 0.05) is 18.8 Å². The van der Waals surface area contributed by atoms with Crippen molar-refractivity contribution in [1.82, 2.24) is 0 Å². The van der Waals surface area contributed by atoms with Gasteiger partial charge in [0.05, 0.1) is 6.61 Å². The van der Waals surface area contributed by atoms with E-state index >= 15 is 0 Å². The van der Waals surface area contributed by atoms with Gasteiger partial charge in [0.2, 0.25) is 0 Å². The molecule has 17 heavy (non-hydrogen) atoms. The van der Waals surface area contributed by atoms with E-state index in [0.717, 1.165) is 19.4 Å². The first-order chi connectivity index (χ1) is 8.19. The van der Waals surface area contributed by atoms with E-state index in [1.54, 1.807) is 7.11 Å². The molecule has 0 heterocycles. The van der Waals surface area contributed by atoms with Crippen LogP contribution in [0.15, 0.2) is 18.2 Å². The smallest absolute Gasteiger partial charge is 0.0664 e. The Hall–Kier alpha value is -1.06. The van der Waals surface area contributed by atoms with E-state index in [4.69, 9.17) is 10.5 Å². The summed E-state index contributed by atoms with van der Waals surface area (Å²) in [6.07, 6.45) is 2.06. The molecule has 0 aliphatic heterocycles. The molecule has 1 atom stereocenters. The summed E-state index contributed by atoms with van der Waals surface area (Å²) in [7, 11) is 1.74. The third-order valence-corrected chi connectivity index (χ3v) is 3.09. The molecule has 1 unspecified atom stereocenters. The Morgan fingerprint density at radius 2 is 2.12 bits per heavy atom. The highest BCUT2D eigenvalue weighted by Crippen LogP contribution is 2.19. The van der Waals surface area contributed by atoms with Gasteiger partial charge >= 0.3 is 0 Å². The van der Waals surface area contributed by atoms with Crippen molar-refractivity contribution in [3.63, 3.8) is 0 Å². The maximum atomic E-state index is 5.55. The predicted molar refractivity (Wildman–Crippen MR) is 73.5 cm³/mol. The lowest BCUT2D eigenvalue weighted by molar-refractivity contribution is 0.182. The van der Waals surface area contributed by atoms with E-state index in [0.29, 0.717) is 12.6 Å². The summed E-state index contributed by atoms with van der Waals surface area (Å²) in [6, 6.07) is 6.67. The normalized spacial score (nSPS) is 12.5. The number of methoxy groups -OCH3 is 1. The van der Waals surface area contributed by atoms with Crippen molar-refractivity contribution < 1.29 is 4.74 Å². The molecule has 1 aromatic rings. The number of anilines is 1. The van der Waals surface area contributed by atoms with Crippen LogP contribution in [0, 0.1) is 13.8 Å². The van der Waals surface area contributed by atoms with Crippen molar-refractivity contribution in [1.29, 1.82) is 0 Å². The number of aryl methyl sites for hydroxylation is 1. The molecule has 0 amide bonds. The van der Waals surface area contributed by atoms with Crippen LogP contribution in [0.1, 0.15) is 24.0 Å². The van der Waals surface area contributed by atoms with Crippen molar-refractivity contribution in [2.75, 3.05) is 25.6 Å². The third-order valence-electron chi connectivity index (χ3n) is 3.09. The van der Waals surface area contributed by atoms with Crippen molar-refractivity contribution >= 4 is 5.69 Å². The average Bonchev–Trinajstić information content (AvgIpc) is 2.32. The van der Waals surface area contributed by atoms with Crippen molar-refractivity contribution in [2.24, 2.45) is 5.73 Å². The highest BCUT2D eigenvalue weighted by molar-refractivity contribution is 5.54. The Balaban J connectivity index is 2.67. The Morgan fingerprint density at radius 3 is 2.76 bits per heavy atom. The van der Waals surface area contributed by atoms with Crippen LogP contribution in [0.2, 0.25) is 0 Å². The highest BCUT2D eigenvalue weighted by atomic mass is 16.5. The van der Waals surface area contributed by atoms with Crippen LogP contribution in [0.25, 0.3) is 0 Å². The van der Waals surface area contributed by atoms with Crippen LogP contribution < -0.4 is 11.1 Å². The van der Waals surface area contributed by atoms with E-state index < -0.39 is 0 Å².